The molecule has 6 rings (SSSR count). The molecule has 1 aliphatic rings. The van der Waals surface area contributed by atoms with E-state index < -0.39 is 0 Å². The number of methoxy groups -OCH3 is 2. The predicted molar refractivity (Wildman–Crippen MR) is 136 cm³/mol. The Bertz CT molecular complexity index is 1580. The zero-order valence-electron chi connectivity index (χ0n) is 19.1. The summed E-state index contributed by atoms with van der Waals surface area (Å²) in [7, 11) is 3.42. The van der Waals surface area contributed by atoms with Crippen molar-refractivity contribution in [1.82, 2.24) is 4.57 Å². The molecule has 4 aromatic carbocycles. The maximum Gasteiger partial charge on any atom is 0.128 e. The highest BCUT2D eigenvalue weighted by molar-refractivity contribution is 6.36. The number of hydrogen-bond donors (Lipinski definition) is 0. The van der Waals surface area contributed by atoms with Crippen molar-refractivity contribution in [2.75, 3.05) is 14.2 Å². The van der Waals surface area contributed by atoms with Gasteiger partial charge in [0, 0.05) is 22.1 Å². The van der Waals surface area contributed by atoms with Gasteiger partial charge in [-0.3, -0.25) is 0 Å². The van der Waals surface area contributed by atoms with Crippen LogP contribution >= 0.6 is 11.6 Å². The molecule has 3 nitrogen and oxygen atoms in total. The monoisotopic (exact) mass is 453 g/mol. The van der Waals surface area contributed by atoms with E-state index in [0.29, 0.717) is 5.02 Å². The Morgan fingerprint density at radius 2 is 1.61 bits per heavy atom. The van der Waals surface area contributed by atoms with Crippen molar-refractivity contribution in [2.24, 2.45) is 0 Å². The van der Waals surface area contributed by atoms with Gasteiger partial charge in [0.15, 0.2) is 0 Å². The molecule has 0 radical (unpaired) electrons. The van der Waals surface area contributed by atoms with Gasteiger partial charge in [-0.1, -0.05) is 61.8 Å². The molecule has 0 atom stereocenters. The first-order valence-corrected chi connectivity index (χ1v) is 11.4. The van der Waals surface area contributed by atoms with Crippen LogP contribution in [0.25, 0.3) is 38.6 Å². The summed E-state index contributed by atoms with van der Waals surface area (Å²) in [6, 6.07) is 25.2. The van der Waals surface area contributed by atoms with E-state index in [9.17, 15) is 0 Å². The second kappa shape index (κ2) is 7.03. The molecular formula is C29H24ClNO2. The number of hydrogen-bond acceptors (Lipinski definition) is 2. The van der Waals surface area contributed by atoms with Crippen LogP contribution in [-0.2, 0) is 5.41 Å². The molecule has 164 valence electrons. The molecule has 0 amide bonds. The lowest BCUT2D eigenvalue weighted by Crippen LogP contribution is -2.15. The van der Waals surface area contributed by atoms with E-state index in [1.807, 2.05) is 18.2 Å². The lowest BCUT2D eigenvalue weighted by molar-refractivity contribution is 0.415. The highest BCUT2D eigenvalue weighted by Gasteiger charge is 2.41. The van der Waals surface area contributed by atoms with Gasteiger partial charge in [0.2, 0.25) is 0 Å². The molecule has 1 heterocycles. The van der Waals surface area contributed by atoms with Crippen molar-refractivity contribution in [1.29, 1.82) is 0 Å². The average molecular weight is 454 g/mol. The number of ether oxygens (including phenoxy) is 2. The van der Waals surface area contributed by atoms with Crippen LogP contribution in [0.4, 0.5) is 0 Å². The van der Waals surface area contributed by atoms with Crippen molar-refractivity contribution >= 4 is 33.3 Å². The maximum absolute atomic E-state index is 6.90. The standard InChI is InChI=1S/C29H24ClNO2/c1-29(2)22-8-6-5-7-21(22)27-26(29)25-24(33-4)14-13-23(30)28(25)31(27)19-11-9-17-10-12-20(32-3)16-18(17)15-19/h5-16H,1-4H3. The third-order valence-corrected chi connectivity index (χ3v) is 7.32. The summed E-state index contributed by atoms with van der Waals surface area (Å²) >= 11 is 6.90. The number of aromatic nitrogens is 1. The number of fused-ring (bicyclic) bond motifs is 6. The minimum atomic E-state index is -0.187. The molecule has 0 aliphatic heterocycles. The normalized spacial score (nSPS) is 13.8. The van der Waals surface area contributed by atoms with Gasteiger partial charge in [0.1, 0.15) is 11.5 Å². The van der Waals surface area contributed by atoms with Crippen molar-refractivity contribution in [3.05, 3.63) is 88.9 Å². The molecular weight excluding hydrogens is 430 g/mol. The first-order chi connectivity index (χ1) is 16.0. The van der Waals surface area contributed by atoms with Gasteiger partial charge in [0.25, 0.3) is 0 Å². The molecule has 1 aliphatic carbocycles. The van der Waals surface area contributed by atoms with E-state index in [1.165, 1.54) is 22.4 Å². The molecule has 1 aromatic heterocycles. The number of nitrogens with zero attached hydrogens (tertiary/aromatic N) is 1. The van der Waals surface area contributed by atoms with E-state index >= 15 is 0 Å². The van der Waals surface area contributed by atoms with Gasteiger partial charge in [-0.15, -0.1) is 0 Å². The summed E-state index contributed by atoms with van der Waals surface area (Å²) in [5.41, 5.74) is 6.83. The third-order valence-electron chi connectivity index (χ3n) is 7.01. The Hall–Kier alpha value is -3.43. The maximum atomic E-state index is 6.90. The highest BCUT2D eigenvalue weighted by Crippen LogP contribution is 2.56. The van der Waals surface area contributed by atoms with Gasteiger partial charge in [0.05, 0.1) is 30.5 Å². The molecule has 0 bridgehead atoms. The minimum Gasteiger partial charge on any atom is -0.497 e. The van der Waals surface area contributed by atoms with Gasteiger partial charge < -0.3 is 14.0 Å². The van der Waals surface area contributed by atoms with Crippen LogP contribution in [0, 0.1) is 0 Å². The summed E-state index contributed by atoms with van der Waals surface area (Å²) in [5, 5.41) is 4.07. The van der Waals surface area contributed by atoms with Crippen LogP contribution in [-0.4, -0.2) is 18.8 Å². The Balaban J connectivity index is 1.79. The quantitative estimate of drug-likeness (QED) is 0.278. The fraction of sp³-hybridized carbons (Fsp3) is 0.172. The van der Waals surface area contributed by atoms with Gasteiger partial charge in [-0.05, 0) is 58.3 Å². The molecule has 0 N–H and O–H groups in total. The second-order valence-electron chi connectivity index (χ2n) is 9.10. The van der Waals surface area contributed by atoms with Crippen LogP contribution in [0.1, 0.15) is 25.0 Å². The molecule has 0 unspecified atom stereocenters. The van der Waals surface area contributed by atoms with E-state index in [2.05, 4.69) is 73.0 Å². The van der Waals surface area contributed by atoms with Gasteiger partial charge in [-0.2, -0.15) is 0 Å². The molecule has 0 fully saturated rings. The van der Waals surface area contributed by atoms with Crippen LogP contribution < -0.4 is 9.47 Å². The third kappa shape index (κ3) is 2.69. The van der Waals surface area contributed by atoms with Crippen molar-refractivity contribution in [3.8, 4) is 28.4 Å². The molecule has 5 aromatic rings. The fourth-order valence-corrected chi connectivity index (χ4v) is 5.73. The Labute approximate surface area is 198 Å². The zero-order valence-corrected chi connectivity index (χ0v) is 19.8. The summed E-state index contributed by atoms with van der Waals surface area (Å²) in [6.07, 6.45) is 0. The summed E-state index contributed by atoms with van der Waals surface area (Å²) in [5.74, 6) is 1.68. The molecule has 4 heteroatoms. The smallest absolute Gasteiger partial charge is 0.128 e. The van der Waals surface area contributed by atoms with Gasteiger partial charge in [-0.25, -0.2) is 0 Å². The van der Waals surface area contributed by atoms with Crippen LogP contribution in [0.2, 0.25) is 5.02 Å². The van der Waals surface area contributed by atoms with Gasteiger partial charge >= 0.3 is 0 Å². The SMILES string of the molecule is COc1ccc2ccc(-n3c4c(c5c(OC)ccc(Cl)c53)C(C)(C)c3ccccc3-4)cc2c1. The zero-order chi connectivity index (χ0) is 22.9. The van der Waals surface area contributed by atoms with Crippen molar-refractivity contribution in [2.45, 2.75) is 19.3 Å². The van der Waals surface area contributed by atoms with Crippen molar-refractivity contribution in [3.63, 3.8) is 0 Å². The second-order valence-corrected chi connectivity index (χ2v) is 9.51. The van der Waals surface area contributed by atoms with Crippen molar-refractivity contribution < 1.29 is 9.47 Å². The Kier molecular flexibility index (Phi) is 4.30. The first kappa shape index (κ1) is 20.2. The summed E-state index contributed by atoms with van der Waals surface area (Å²) in [4.78, 5) is 0. The van der Waals surface area contributed by atoms with Crippen LogP contribution in [0.3, 0.4) is 0 Å². The lowest BCUT2D eigenvalue weighted by Gasteiger charge is -2.22. The first-order valence-electron chi connectivity index (χ1n) is 11.0. The lowest BCUT2D eigenvalue weighted by atomic mass is 9.81. The van der Waals surface area contributed by atoms with E-state index in [4.69, 9.17) is 21.1 Å². The van der Waals surface area contributed by atoms with E-state index in [-0.39, 0.29) is 5.41 Å². The number of halogens is 1. The fourth-order valence-electron chi connectivity index (χ4n) is 5.49. The summed E-state index contributed by atoms with van der Waals surface area (Å²) in [6.45, 7) is 4.57. The average Bonchev–Trinajstić information content (AvgIpc) is 3.31. The topological polar surface area (TPSA) is 23.4 Å². The molecule has 0 saturated carbocycles. The van der Waals surface area contributed by atoms with Crippen LogP contribution in [0.15, 0.2) is 72.8 Å². The molecule has 33 heavy (non-hydrogen) atoms. The van der Waals surface area contributed by atoms with E-state index in [1.54, 1.807) is 14.2 Å². The molecule has 0 saturated heterocycles. The van der Waals surface area contributed by atoms with Crippen LogP contribution in [0.5, 0.6) is 11.5 Å². The predicted octanol–water partition coefficient (Wildman–Crippen LogP) is 7.76. The largest absolute Gasteiger partial charge is 0.497 e. The molecule has 0 spiro atoms. The minimum absolute atomic E-state index is 0.187. The summed E-state index contributed by atoms with van der Waals surface area (Å²) < 4.78 is 13.6. The van der Waals surface area contributed by atoms with E-state index in [0.717, 1.165) is 38.9 Å². The number of rotatable bonds is 3. The number of benzene rings is 4. The highest BCUT2D eigenvalue weighted by atomic mass is 35.5. The Morgan fingerprint density at radius 1 is 0.818 bits per heavy atom. The Morgan fingerprint density at radius 3 is 2.39 bits per heavy atom.